The van der Waals surface area contributed by atoms with Crippen LogP contribution in [0.5, 0.6) is 0 Å². The first-order chi connectivity index (χ1) is 9.40. The van der Waals surface area contributed by atoms with Crippen molar-refractivity contribution in [1.29, 1.82) is 0 Å². The molecule has 1 heterocycles. The van der Waals surface area contributed by atoms with Crippen LogP contribution in [0.2, 0.25) is 0 Å². The number of carboxylic acids is 2. The van der Waals surface area contributed by atoms with Crippen molar-refractivity contribution in [1.82, 2.24) is 5.32 Å². The van der Waals surface area contributed by atoms with Crippen LogP contribution >= 0.6 is 0 Å². The maximum atomic E-state index is 11.9. The van der Waals surface area contributed by atoms with Gasteiger partial charge in [-0.3, -0.25) is 9.59 Å². The lowest BCUT2D eigenvalue weighted by atomic mass is 10.0. The van der Waals surface area contributed by atoms with E-state index in [-0.39, 0.29) is 12.1 Å². The number of hydrogen-bond donors (Lipinski definition) is 4. The van der Waals surface area contributed by atoms with Crippen LogP contribution in [0.3, 0.4) is 0 Å². The summed E-state index contributed by atoms with van der Waals surface area (Å²) in [6, 6.07) is 3.51. The van der Waals surface area contributed by atoms with Crippen LogP contribution < -0.4 is 10.6 Å². The molecular weight excluding hydrogens is 264 g/mol. The van der Waals surface area contributed by atoms with Crippen molar-refractivity contribution >= 4 is 23.5 Å². The first kappa shape index (κ1) is 13.9. The zero-order valence-electron chi connectivity index (χ0n) is 10.7. The fourth-order valence-corrected chi connectivity index (χ4v) is 2.03. The molecule has 7 heteroatoms. The second-order valence-corrected chi connectivity index (χ2v) is 4.64. The van der Waals surface area contributed by atoms with Gasteiger partial charge in [-0.25, -0.2) is 4.79 Å². The third-order valence-electron chi connectivity index (χ3n) is 3.29. The molecule has 2 rings (SSSR count). The molecule has 0 radical (unpaired) electrons. The van der Waals surface area contributed by atoms with Gasteiger partial charge < -0.3 is 20.8 Å². The summed E-state index contributed by atoms with van der Waals surface area (Å²) in [5, 5.41) is 23.4. The van der Waals surface area contributed by atoms with Crippen molar-refractivity contribution in [3.8, 4) is 0 Å². The van der Waals surface area contributed by atoms with Gasteiger partial charge in [0.05, 0.1) is 11.5 Å². The maximum absolute atomic E-state index is 11.9. The summed E-state index contributed by atoms with van der Waals surface area (Å²) in [5.41, 5.74) is 1.29. The van der Waals surface area contributed by atoms with Crippen LogP contribution in [-0.4, -0.2) is 34.1 Å². The van der Waals surface area contributed by atoms with Crippen molar-refractivity contribution < 1.29 is 24.6 Å². The number of carbonyl (C=O) groups excluding carboxylic acids is 1. The molecule has 1 aliphatic rings. The molecule has 7 nitrogen and oxygen atoms in total. The summed E-state index contributed by atoms with van der Waals surface area (Å²) >= 11 is 0. The normalized spacial score (nSPS) is 19.1. The zero-order chi connectivity index (χ0) is 14.9. The standard InChI is InChI=1S/C13H14N2O5/c1-6(12(17)18)10-11(16)14-5-8-4-7(13(19)20)2-3-9(8)15-10/h2-4,6,10,15H,5H2,1H3,(H,14,16)(H,17,18)(H,19,20)/t6?,10-/m0/s1. The Bertz CT molecular complexity index is 584. The van der Waals surface area contributed by atoms with Gasteiger partial charge in [-0.1, -0.05) is 0 Å². The molecule has 1 amide bonds. The van der Waals surface area contributed by atoms with Crippen LogP contribution in [-0.2, 0) is 16.1 Å². The quantitative estimate of drug-likeness (QED) is 0.640. The molecule has 0 saturated heterocycles. The van der Waals surface area contributed by atoms with Gasteiger partial charge in [-0.05, 0) is 30.7 Å². The Morgan fingerprint density at radius 1 is 1.35 bits per heavy atom. The van der Waals surface area contributed by atoms with Gasteiger partial charge in [0.2, 0.25) is 5.91 Å². The molecule has 0 aromatic heterocycles. The smallest absolute Gasteiger partial charge is 0.335 e. The number of benzene rings is 1. The van der Waals surface area contributed by atoms with Crippen LogP contribution in [0.15, 0.2) is 18.2 Å². The minimum atomic E-state index is -1.08. The third-order valence-corrected chi connectivity index (χ3v) is 3.29. The number of hydrogen-bond acceptors (Lipinski definition) is 4. The van der Waals surface area contributed by atoms with E-state index in [9.17, 15) is 14.4 Å². The van der Waals surface area contributed by atoms with E-state index in [1.165, 1.54) is 19.1 Å². The Labute approximate surface area is 114 Å². The Balaban J connectivity index is 2.35. The number of amides is 1. The highest BCUT2D eigenvalue weighted by molar-refractivity contribution is 5.92. The number of anilines is 1. The van der Waals surface area contributed by atoms with Crippen molar-refractivity contribution in [2.75, 3.05) is 5.32 Å². The number of carboxylic acid groups (broad SMARTS) is 2. The summed E-state index contributed by atoms with van der Waals surface area (Å²) in [7, 11) is 0. The molecule has 4 N–H and O–H groups in total. The number of carbonyl (C=O) groups is 3. The maximum Gasteiger partial charge on any atom is 0.335 e. The molecule has 0 fully saturated rings. The summed E-state index contributed by atoms with van der Waals surface area (Å²) in [6.45, 7) is 1.60. The molecule has 1 aliphatic heterocycles. The van der Waals surface area contributed by atoms with Crippen LogP contribution in [0, 0.1) is 5.92 Å². The SMILES string of the molecule is CC(C(=O)O)[C@@H]1Nc2ccc(C(=O)O)cc2CNC1=O. The largest absolute Gasteiger partial charge is 0.481 e. The fraction of sp³-hybridized carbons (Fsp3) is 0.308. The lowest BCUT2D eigenvalue weighted by Crippen LogP contribution is -2.44. The van der Waals surface area contributed by atoms with Gasteiger partial charge in [0.15, 0.2) is 0 Å². The van der Waals surface area contributed by atoms with E-state index in [0.29, 0.717) is 11.3 Å². The Morgan fingerprint density at radius 3 is 2.65 bits per heavy atom. The molecule has 0 bridgehead atoms. The molecule has 0 spiro atoms. The third kappa shape index (κ3) is 2.56. The van der Waals surface area contributed by atoms with Crippen LogP contribution in [0.1, 0.15) is 22.8 Å². The van der Waals surface area contributed by atoms with Gasteiger partial charge in [-0.2, -0.15) is 0 Å². The summed E-state index contributed by atoms with van der Waals surface area (Å²) in [5.74, 6) is -3.46. The molecule has 1 aromatic rings. The van der Waals surface area contributed by atoms with Crippen molar-refractivity contribution in [2.24, 2.45) is 5.92 Å². The van der Waals surface area contributed by atoms with Crippen molar-refractivity contribution in [2.45, 2.75) is 19.5 Å². The second kappa shape index (κ2) is 5.20. The first-order valence-corrected chi connectivity index (χ1v) is 6.03. The van der Waals surface area contributed by atoms with Gasteiger partial charge in [0.25, 0.3) is 0 Å². The van der Waals surface area contributed by atoms with Gasteiger partial charge in [-0.15, -0.1) is 0 Å². The minimum absolute atomic E-state index is 0.115. The Hall–Kier alpha value is -2.57. The van der Waals surface area contributed by atoms with Gasteiger partial charge in [0.1, 0.15) is 6.04 Å². The average molecular weight is 278 g/mol. The number of aromatic carboxylic acids is 1. The highest BCUT2D eigenvalue weighted by Gasteiger charge is 2.32. The summed E-state index contributed by atoms with van der Waals surface area (Å²) in [6.07, 6.45) is 0. The molecular formula is C13H14N2O5. The van der Waals surface area contributed by atoms with E-state index < -0.39 is 29.8 Å². The highest BCUT2D eigenvalue weighted by atomic mass is 16.4. The monoisotopic (exact) mass is 278 g/mol. The van der Waals surface area contributed by atoms with Gasteiger partial charge in [0, 0.05) is 12.2 Å². The summed E-state index contributed by atoms with van der Waals surface area (Å²) in [4.78, 5) is 33.8. The fourth-order valence-electron chi connectivity index (χ4n) is 2.03. The van der Waals surface area contributed by atoms with Crippen LogP contribution in [0.25, 0.3) is 0 Å². The minimum Gasteiger partial charge on any atom is -0.481 e. The number of rotatable bonds is 3. The highest BCUT2D eigenvalue weighted by Crippen LogP contribution is 2.23. The van der Waals surface area contributed by atoms with E-state index in [4.69, 9.17) is 10.2 Å². The number of aliphatic carboxylic acids is 1. The van der Waals surface area contributed by atoms with Crippen LogP contribution in [0.4, 0.5) is 5.69 Å². The Kier molecular flexibility index (Phi) is 3.60. The molecule has 20 heavy (non-hydrogen) atoms. The molecule has 2 atom stereocenters. The van der Waals surface area contributed by atoms with E-state index in [0.717, 1.165) is 0 Å². The lowest BCUT2D eigenvalue weighted by Gasteiger charge is -2.20. The second-order valence-electron chi connectivity index (χ2n) is 4.64. The molecule has 0 saturated carbocycles. The van der Waals surface area contributed by atoms with Crippen molar-refractivity contribution in [3.05, 3.63) is 29.3 Å². The zero-order valence-corrected chi connectivity index (χ0v) is 10.7. The number of fused-ring (bicyclic) bond motifs is 1. The van der Waals surface area contributed by atoms with Gasteiger partial charge >= 0.3 is 11.9 Å². The predicted octanol–water partition coefficient (Wildman–Crippen LogP) is 0.516. The van der Waals surface area contributed by atoms with E-state index >= 15 is 0 Å². The predicted molar refractivity (Wildman–Crippen MR) is 69.5 cm³/mol. The van der Waals surface area contributed by atoms with Crippen molar-refractivity contribution in [3.63, 3.8) is 0 Å². The Morgan fingerprint density at radius 2 is 2.05 bits per heavy atom. The number of nitrogens with one attached hydrogen (secondary N) is 2. The topological polar surface area (TPSA) is 116 Å². The molecule has 1 unspecified atom stereocenters. The van der Waals surface area contributed by atoms with E-state index in [2.05, 4.69) is 10.6 Å². The first-order valence-electron chi connectivity index (χ1n) is 6.03. The molecule has 0 aliphatic carbocycles. The van der Waals surface area contributed by atoms with E-state index in [1.54, 1.807) is 6.07 Å². The lowest BCUT2D eigenvalue weighted by molar-refractivity contribution is -0.143. The summed E-state index contributed by atoms with van der Waals surface area (Å²) < 4.78 is 0. The average Bonchev–Trinajstić information content (AvgIpc) is 2.57. The molecule has 106 valence electrons. The van der Waals surface area contributed by atoms with E-state index in [1.807, 2.05) is 0 Å². The molecule has 1 aromatic carbocycles.